The Morgan fingerprint density at radius 2 is 1.69 bits per heavy atom. The largest absolute Gasteiger partial charge is 0.322 e. The van der Waals surface area contributed by atoms with E-state index in [1.807, 2.05) is 53.4 Å². The van der Waals surface area contributed by atoms with E-state index in [1.165, 1.54) is 17.7 Å². The van der Waals surface area contributed by atoms with Gasteiger partial charge in [0.05, 0.1) is 11.4 Å². The minimum Gasteiger partial charge on any atom is -0.322 e. The molecule has 4 aromatic rings. The van der Waals surface area contributed by atoms with E-state index in [0.717, 1.165) is 12.1 Å². The fourth-order valence-electron chi connectivity index (χ4n) is 3.27. The third kappa shape index (κ3) is 3.69. The van der Waals surface area contributed by atoms with Gasteiger partial charge < -0.3 is 9.88 Å². The first-order valence-electron chi connectivity index (χ1n) is 9.46. The van der Waals surface area contributed by atoms with Crippen LogP contribution in [0.2, 0.25) is 0 Å². The molecule has 146 valence electrons. The van der Waals surface area contributed by atoms with Gasteiger partial charge in [-0.15, -0.1) is 0 Å². The van der Waals surface area contributed by atoms with Crippen LogP contribution in [-0.4, -0.2) is 20.3 Å². The van der Waals surface area contributed by atoms with Crippen LogP contribution < -0.4 is 5.32 Å². The highest BCUT2D eigenvalue weighted by Crippen LogP contribution is 2.24. The summed E-state index contributed by atoms with van der Waals surface area (Å²) in [7, 11) is 0. The molecule has 0 aliphatic heterocycles. The van der Waals surface area contributed by atoms with E-state index in [4.69, 9.17) is 0 Å². The number of hydrogen-bond acceptors (Lipinski definition) is 2. The summed E-state index contributed by atoms with van der Waals surface area (Å²) in [5.74, 6) is 0.0271. The second kappa shape index (κ2) is 7.75. The van der Waals surface area contributed by atoms with E-state index >= 15 is 0 Å². The predicted octanol–water partition coefficient (Wildman–Crippen LogP) is 4.93. The van der Waals surface area contributed by atoms with Gasteiger partial charge in [-0.3, -0.25) is 4.79 Å². The molecular weight excluding hydrogens is 367 g/mol. The molecule has 0 radical (unpaired) electrons. The zero-order valence-corrected chi connectivity index (χ0v) is 16.3. The number of halogens is 1. The normalized spacial score (nSPS) is 10.9. The average Bonchev–Trinajstić information content (AvgIpc) is 3.36. The fourth-order valence-corrected chi connectivity index (χ4v) is 3.27. The third-order valence-corrected chi connectivity index (χ3v) is 4.80. The molecule has 1 amide bonds. The average molecular weight is 388 g/mol. The molecule has 2 aromatic heterocycles. The van der Waals surface area contributed by atoms with Crippen molar-refractivity contribution in [2.75, 3.05) is 5.32 Å². The number of amides is 1. The molecule has 0 aliphatic carbocycles. The van der Waals surface area contributed by atoms with Crippen LogP contribution >= 0.6 is 0 Å². The van der Waals surface area contributed by atoms with Crippen LogP contribution in [0.3, 0.4) is 0 Å². The maximum absolute atomic E-state index is 13.4. The summed E-state index contributed by atoms with van der Waals surface area (Å²) < 4.78 is 16.9. The Morgan fingerprint density at radius 3 is 2.31 bits per heavy atom. The maximum Gasteiger partial charge on any atom is 0.261 e. The Balaban J connectivity index is 1.78. The van der Waals surface area contributed by atoms with Crippen molar-refractivity contribution in [1.29, 1.82) is 0 Å². The molecule has 0 spiro atoms. The second-order valence-corrected chi connectivity index (χ2v) is 6.77. The van der Waals surface area contributed by atoms with Crippen LogP contribution in [-0.2, 0) is 6.42 Å². The zero-order chi connectivity index (χ0) is 20.4. The van der Waals surface area contributed by atoms with E-state index in [-0.39, 0.29) is 11.7 Å². The lowest BCUT2D eigenvalue weighted by Gasteiger charge is -2.11. The minimum absolute atomic E-state index is 0.246. The summed E-state index contributed by atoms with van der Waals surface area (Å²) in [5, 5.41) is 7.53. The first-order chi connectivity index (χ1) is 14.1. The summed E-state index contributed by atoms with van der Waals surface area (Å²) in [6.07, 6.45) is 4.64. The molecule has 2 heterocycles. The highest BCUT2D eigenvalue weighted by molar-refractivity contribution is 6.07. The number of anilines is 1. The van der Waals surface area contributed by atoms with Gasteiger partial charge in [0, 0.05) is 18.1 Å². The lowest BCUT2D eigenvalue weighted by atomic mass is 10.1. The van der Waals surface area contributed by atoms with E-state index < -0.39 is 0 Å². The van der Waals surface area contributed by atoms with Crippen LogP contribution in [0.25, 0.3) is 11.5 Å². The monoisotopic (exact) mass is 388 g/mol. The molecule has 0 bridgehead atoms. The van der Waals surface area contributed by atoms with E-state index in [9.17, 15) is 9.18 Å². The van der Waals surface area contributed by atoms with Gasteiger partial charge in [-0.25, -0.2) is 9.07 Å². The lowest BCUT2D eigenvalue weighted by molar-refractivity contribution is 0.102. The predicted molar refractivity (Wildman–Crippen MR) is 111 cm³/mol. The third-order valence-electron chi connectivity index (χ3n) is 4.80. The topological polar surface area (TPSA) is 51.9 Å². The molecule has 0 fully saturated rings. The van der Waals surface area contributed by atoms with E-state index in [0.29, 0.717) is 22.8 Å². The molecule has 4 rings (SSSR count). The first-order valence-corrected chi connectivity index (χ1v) is 9.46. The Kier molecular flexibility index (Phi) is 4.99. The standard InChI is InChI=1S/C23H21FN4O/c1-3-17-6-10-19(11-7-17)25-22(29)21-16(2)26-28(20-12-8-18(24)9-13-20)23(21)27-14-4-5-15-27/h4-15H,3H2,1-2H3,(H,25,29). The summed E-state index contributed by atoms with van der Waals surface area (Å²) in [5.41, 5.74) is 3.64. The summed E-state index contributed by atoms with van der Waals surface area (Å²) in [6.45, 7) is 3.88. The van der Waals surface area contributed by atoms with Crippen molar-refractivity contribution < 1.29 is 9.18 Å². The molecule has 0 atom stereocenters. The van der Waals surface area contributed by atoms with Crippen molar-refractivity contribution in [1.82, 2.24) is 14.3 Å². The number of benzene rings is 2. The second-order valence-electron chi connectivity index (χ2n) is 6.77. The van der Waals surface area contributed by atoms with Crippen LogP contribution in [0.4, 0.5) is 10.1 Å². The fraction of sp³-hybridized carbons (Fsp3) is 0.130. The highest BCUT2D eigenvalue weighted by Gasteiger charge is 2.23. The molecule has 0 saturated heterocycles. The molecule has 6 heteroatoms. The van der Waals surface area contributed by atoms with Gasteiger partial charge >= 0.3 is 0 Å². The summed E-state index contributed by atoms with van der Waals surface area (Å²) in [4.78, 5) is 13.2. The molecule has 0 aliphatic rings. The van der Waals surface area contributed by atoms with Gasteiger partial charge in [-0.2, -0.15) is 5.10 Å². The number of aromatic nitrogens is 3. The Morgan fingerprint density at radius 1 is 1.03 bits per heavy atom. The van der Waals surface area contributed by atoms with Crippen molar-refractivity contribution in [3.8, 4) is 11.5 Å². The molecule has 0 saturated carbocycles. The van der Waals surface area contributed by atoms with Gasteiger partial charge in [0.15, 0.2) is 5.82 Å². The number of nitrogens with one attached hydrogen (secondary N) is 1. The Labute approximate surface area is 168 Å². The maximum atomic E-state index is 13.4. The Bertz CT molecular complexity index is 1130. The molecule has 29 heavy (non-hydrogen) atoms. The van der Waals surface area contributed by atoms with Crippen molar-refractivity contribution in [3.63, 3.8) is 0 Å². The quantitative estimate of drug-likeness (QED) is 0.527. The van der Waals surface area contributed by atoms with E-state index in [1.54, 1.807) is 23.7 Å². The molecular formula is C23H21FN4O. The van der Waals surface area contributed by atoms with Crippen molar-refractivity contribution in [3.05, 3.63) is 95.7 Å². The number of rotatable bonds is 5. The van der Waals surface area contributed by atoms with Crippen molar-refractivity contribution >= 4 is 11.6 Å². The van der Waals surface area contributed by atoms with Crippen LogP contribution in [0.15, 0.2) is 73.1 Å². The van der Waals surface area contributed by atoms with Gasteiger partial charge in [0.25, 0.3) is 5.91 Å². The number of nitrogens with zero attached hydrogens (tertiary/aromatic N) is 3. The molecule has 1 N–H and O–H groups in total. The highest BCUT2D eigenvalue weighted by atomic mass is 19.1. The van der Waals surface area contributed by atoms with Gasteiger partial charge in [0.1, 0.15) is 11.4 Å². The van der Waals surface area contributed by atoms with E-state index in [2.05, 4.69) is 17.3 Å². The van der Waals surface area contributed by atoms with Crippen molar-refractivity contribution in [2.45, 2.75) is 20.3 Å². The molecule has 5 nitrogen and oxygen atoms in total. The number of aryl methyl sites for hydroxylation is 2. The smallest absolute Gasteiger partial charge is 0.261 e. The van der Waals surface area contributed by atoms with Crippen LogP contribution in [0, 0.1) is 12.7 Å². The summed E-state index contributed by atoms with van der Waals surface area (Å²) in [6, 6.07) is 17.6. The molecule has 2 aromatic carbocycles. The van der Waals surface area contributed by atoms with Crippen LogP contribution in [0.1, 0.15) is 28.5 Å². The minimum atomic E-state index is -0.325. The molecule has 0 unspecified atom stereocenters. The SMILES string of the molecule is CCc1ccc(NC(=O)c2c(C)nn(-c3ccc(F)cc3)c2-n2cccc2)cc1. The number of carbonyl (C=O) groups is 1. The number of hydrogen-bond donors (Lipinski definition) is 1. The zero-order valence-electron chi connectivity index (χ0n) is 16.3. The number of carbonyl (C=O) groups excluding carboxylic acids is 1. The van der Waals surface area contributed by atoms with Gasteiger partial charge in [0.2, 0.25) is 0 Å². The van der Waals surface area contributed by atoms with Crippen LogP contribution in [0.5, 0.6) is 0 Å². The van der Waals surface area contributed by atoms with Crippen molar-refractivity contribution in [2.24, 2.45) is 0 Å². The lowest BCUT2D eigenvalue weighted by Crippen LogP contribution is -2.16. The van der Waals surface area contributed by atoms with Gasteiger partial charge in [-0.05, 0) is 67.4 Å². The van der Waals surface area contributed by atoms with Gasteiger partial charge in [-0.1, -0.05) is 19.1 Å². The first kappa shape index (κ1) is 18.7. The summed E-state index contributed by atoms with van der Waals surface area (Å²) >= 11 is 0. The Hall–Kier alpha value is -3.67.